The fraction of sp³-hybridized carbons (Fsp3) is 0.647. The van der Waals surface area contributed by atoms with E-state index in [0.717, 1.165) is 18.5 Å². The van der Waals surface area contributed by atoms with E-state index in [2.05, 4.69) is 19.2 Å². The number of hydrogen-bond donors (Lipinski definition) is 1. The summed E-state index contributed by atoms with van der Waals surface area (Å²) in [7, 11) is 0. The van der Waals surface area contributed by atoms with Gasteiger partial charge in [-0.2, -0.15) is 0 Å². The molecule has 20 heavy (non-hydrogen) atoms. The molecule has 0 aliphatic heterocycles. The SMILES string of the molecule is CC(C)NCC1CCCCCC1c1ccc(Cl)cc1F. The van der Waals surface area contributed by atoms with Crippen LogP contribution in [-0.2, 0) is 0 Å². The third kappa shape index (κ3) is 4.20. The molecule has 112 valence electrons. The lowest BCUT2D eigenvalue weighted by Gasteiger charge is -2.27. The second-order valence-corrected chi connectivity index (χ2v) is 6.67. The molecule has 1 aromatic carbocycles. The van der Waals surface area contributed by atoms with Crippen LogP contribution >= 0.6 is 11.6 Å². The molecule has 0 bridgehead atoms. The summed E-state index contributed by atoms with van der Waals surface area (Å²) in [5, 5.41) is 4.01. The molecule has 1 aliphatic rings. The van der Waals surface area contributed by atoms with Crippen molar-refractivity contribution in [1.29, 1.82) is 0 Å². The minimum atomic E-state index is -0.140. The van der Waals surface area contributed by atoms with E-state index in [-0.39, 0.29) is 5.82 Å². The fourth-order valence-electron chi connectivity index (χ4n) is 3.23. The largest absolute Gasteiger partial charge is 0.314 e. The average Bonchev–Trinajstić information content (AvgIpc) is 2.61. The molecular formula is C17H25ClFN. The maximum atomic E-state index is 14.2. The van der Waals surface area contributed by atoms with Gasteiger partial charge in [0.2, 0.25) is 0 Å². The lowest BCUT2D eigenvalue weighted by molar-refractivity contribution is 0.355. The molecule has 1 nitrogen and oxygen atoms in total. The van der Waals surface area contributed by atoms with Crippen LogP contribution in [0.15, 0.2) is 18.2 Å². The number of halogens is 2. The van der Waals surface area contributed by atoms with Crippen molar-refractivity contribution < 1.29 is 4.39 Å². The van der Waals surface area contributed by atoms with E-state index in [4.69, 9.17) is 11.6 Å². The van der Waals surface area contributed by atoms with Crippen LogP contribution in [0.2, 0.25) is 5.02 Å². The molecule has 0 spiro atoms. The minimum Gasteiger partial charge on any atom is -0.314 e. The summed E-state index contributed by atoms with van der Waals surface area (Å²) in [6, 6.07) is 5.64. The van der Waals surface area contributed by atoms with Crippen molar-refractivity contribution >= 4 is 11.6 Å². The Bertz CT molecular complexity index is 433. The quantitative estimate of drug-likeness (QED) is 0.759. The average molecular weight is 298 g/mol. The van der Waals surface area contributed by atoms with Gasteiger partial charge in [-0.15, -0.1) is 0 Å². The first-order valence-corrected chi connectivity index (χ1v) is 8.14. The summed E-state index contributed by atoms with van der Waals surface area (Å²) in [6.07, 6.45) is 6.00. The van der Waals surface area contributed by atoms with Gasteiger partial charge >= 0.3 is 0 Å². The molecule has 1 N–H and O–H groups in total. The third-order valence-corrected chi connectivity index (χ3v) is 4.54. The number of hydrogen-bond acceptors (Lipinski definition) is 1. The molecule has 1 saturated carbocycles. The Balaban J connectivity index is 2.18. The van der Waals surface area contributed by atoms with Gasteiger partial charge in [-0.25, -0.2) is 4.39 Å². The molecule has 1 aliphatic carbocycles. The highest BCUT2D eigenvalue weighted by molar-refractivity contribution is 6.30. The molecule has 0 radical (unpaired) electrons. The van der Waals surface area contributed by atoms with E-state index < -0.39 is 0 Å². The molecule has 0 heterocycles. The second kappa shape index (κ2) is 7.42. The Labute approximate surface area is 126 Å². The van der Waals surface area contributed by atoms with E-state index in [1.807, 2.05) is 12.1 Å². The van der Waals surface area contributed by atoms with Gasteiger partial charge in [0, 0.05) is 11.1 Å². The standard InChI is InChI=1S/C17H25ClFN/c1-12(2)20-11-13-6-4-3-5-7-15(13)16-9-8-14(18)10-17(16)19/h8-10,12-13,15,20H,3-7,11H2,1-2H3. The first-order chi connectivity index (χ1) is 9.58. The summed E-state index contributed by atoms with van der Waals surface area (Å²) in [6.45, 7) is 5.30. The van der Waals surface area contributed by atoms with Crippen molar-refractivity contribution in [2.45, 2.75) is 57.9 Å². The zero-order valence-electron chi connectivity index (χ0n) is 12.5. The van der Waals surface area contributed by atoms with Gasteiger partial charge in [0.1, 0.15) is 5.82 Å². The monoisotopic (exact) mass is 297 g/mol. The van der Waals surface area contributed by atoms with E-state index in [0.29, 0.717) is 22.9 Å². The predicted molar refractivity (Wildman–Crippen MR) is 83.9 cm³/mol. The number of rotatable bonds is 4. The van der Waals surface area contributed by atoms with Crippen LogP contribution in [0.3, 0.4) is 0 Å². The molecule has 0 amide bonds. The smallest absolute Gasteiger partial charge is 0.128 e. The van der Waals surface area contributed by atoms with E-state index in [1.165, 1.54) is 31.7 Å². The summed E-state index contributed by atoms with van der Waals surface area (Å²) in [4.78, 5) is 0. The van der Waals surface area contributed by atoms with Crippen molar-refractivity contribution in [3.8, 4) is 0 Å². The van der Waals surface area contributed by atoms with Crippen LogP contribution in [0.4, 0.5) is 4.39 Å². The molecule has 0 saturated heterocycles. The summed E-state index contributed by atoms with van der Waals surface area (Å²) in [5.41, 5.74) is 0.854. The zero-order valence-corrected chi connectivity index (χ0v) is 13.2. The first kappa shape index (κ1) is 15.8. The van der Waals surface area contributed by atoms with Crippen molar-refractivity contribution in [3.05, 3.63) is 34.6 Å². The van der Waals surface area contributed by atoms with Crippen molar-refractivity contribution in [2.75, 3.05) is 6.54 Å². The molecule has 2 atom stereocenters. The summed E-state index contributed by atoms with van der Waals surface area (Å²) < 4.78 is 14.2. The summed E-state index contributed by atoms with van der Waals surface area (Å²) in [5.74, 6) is 0.704. The van der Waals surface area contributed by atoms with Crippen LogP contribution in [0, 0.1) is 11.7 Å². The zero-order chi connectivity index (χ0) is 14.5. The topological polar surface area (TPSA) is 12.0 Å². The van der Waals surface area contributed by atoms with Gasteiger partial charge in [0.05, 0.1) is 0 Å². The second-order valence-electron chi connectivity index (χ2n) is 6.23. The molecule has 1 aromatic rings. The van der Waals surface area contributed by atoms with E-state index in [9.17, 15) is 4.39 Å². The highest BCUT2D eigenvalue weighted by atomic mass is 35.5. The molecule has 1 fully saturated rings. The van der Waals surface area contributed by atoms with Crippen molar-refractivity contribution in [3.63, 3.8) is 0 Å². The van der Waals surface area contributed by atoms with Gasteiger partial charge in [-0.3, -0.25) is 0 Å². The van der Waals surface area contributed by atoms with Gasteiger partial charge < -0.3 is 5.32 Å². The highest BCUT2D eigenvalue weighted by Crippen LogP contribution is 2.38. The minimum absolute atomic E-state index is 0.140. The molecular weight excluding hydrogens is 273 g/mol. The molecule has 2 rings (SSSR count). The molecule has 2 unspecified atom stereocenters. The Hall–Kier alpha value is -0.600. The van der Waals surface area contributed by atoms with E-state index >= 15 is 0 Å². The molecule has 0 aromatic heterocycles. The lowest BCUT2D eigenvalue weighted by atomic mass is 9.82. The lowest BCUT2D eigenvalue weighted by Crippen LogP contribution is -2.31. The number of nitrogens with one attached hydrogen (secondary N) is 1. The highest BCUT2D eigenvalue weighted by Gasteiger charge is 2.27. The Morgan fingerprint density at radius 1 is 1.25 bits per heavy atom. The Kier molecular flexibility index (Phi) is 5.86. The van der Waals surface area contributed by atoms with Crippen LogP contribution in [-0.4, -0.2) is 12.6 Å². The van der Waals surface area contributed by atoms with Crippen LogP contribution in [0.5, 0.6) is 0 Å². The normalized spacial score (nSPS) is 23.9. The number of benzene rings is 1. The first-order valence-electron chi connectivity index (χ1n) is 7.76. The fourth-order valence-corrected chi connectivity index (χ4v) is 3.39. The van der Waals surface area contributed by atoms with Gasteiger partial charge in [-0.1, -0.05) is 50.8 Å². The Morgan fingerprint density at radius 2 is 2.00 bits per heavy atom. The van der Waals surface area contributed by atoms with Crippen LogP contribution in [0.1, 0.15) is 57.4 Å². The third-order valence-electron chi connectivity index (χ3n) is 4.31. The van der Waals surface area contributed by atoms with Gasteiger partial charge in [-0.05, 0) is 48.9 Å². The van der Waals surface area contributed by atoms with Crippen LogP contribution < -0.4 is 5.32 Å². The van der Waals surface area contributed by atoms with Crippen molar-refractivity contribution in [2.24, 2.45) is 5.92 Å². The maximum Gasteiger partial charge on any atom is 0.128 e. The van der Waals surface area contributed by atoms with Gasteiger partial charge in [0.15, 0.2) is 0 Å². The Morgan fingerprint density at radius 3 is 2.70 bits per heavy atom. The predicted octanol–water partition coefficient (Wildman–Crippen LogP) is 5.14. The van der Waals surface area contributed by atoms with Gasteiger partial charge in [0.25, 0.3) is 0 Å². The summed E-state index contributed by atoms with van der Waals surface area (Å²) >= 11 is 5.87. The van der Waals surface area contributed by atoms with Crippen molar-refractivity contribution in [1.82, 2.24) is 5.32 Å². The van der Waals surface area contributed by atoms with E-state index in [1.54, 1.807) is 0 Å². The maximum absolute atomic E-state index is 14.2. The van der Waals surface area contributed by atoms with Crippen LogP contribution in [0.25, 0.3) is 0 Å². The molecule has 3 heteroatoms.